The zero-order chi connectivity index (χ0) is 23.6. The maximum Gasteiger partial charge on any atom is 0.336 e. The second-order valence-electron chi connectivity index (χ2n) is 6.63. The summed E-state index contributed by atoms with van der Waals surface area (Å²) < 4.78 is 14.4. The molecule has 0 atom stereocenters. The molecule has 0 saturated carbocycles. The maximum atomic E-state index is 14.4. The number of rotatable bonds is 7. The Bertz CT molecular complexity index is 1230. The molecule has 0 aliphatic heterocycles. The Hall–Kier alpha value is -4.23. The summed E-state index contributed by atoms with van der Waals surface area (Å²) in [5.74, 6) is -6.06. The Kier molecular flexibility index (Phi) is 5.95. The van der Waals surface area contributed by atoms with Gasteiger partial charge in [-0.2, -0.15) is 0 Å². The smallest absolute Gasteiger partial charge is 0.336 e. The number of hydrogen-bond donors (Lipinski definition) is 4. The molecule has 0 radical (unpaired) electrons. The van der Waals surface area contributed by atoms with Crippen molar-refractivity contribution in [2.24, 2.45) is 0 Å². The van der Waals surface area contributed by atoms with Crippen molar-refractivity contribution in [3.8, 4) is 0 Å². The molecule has 0 bridgehead atoms. The highest BCUT2D eigenvalue weighted by Gasteiger charge is 2.33. The fourth-order valence-electron chi connectivity index (χ4n) is 3.27. The number of benzene rings is 3. The lowest BCUT2D eigenvalue weighted by molar-refractivity contribution is 0.0651. The van der Waals surface area contributed by atoms with Crippen molar-refractivity contribution in [3.05, 3.63) is 89.0 Å². The molecule has 0 aliphatic rings. The maximum absolute atomic E-state index is 14.4. The van der Waals surface area contributed by atoms with Crippen molar-refractivity contribution in [3.63, 3.8) is 0 Å². The van der Waals surface area contributed by atoms with E-state index in [4.69, 9.17) is 0 Å². The number of carbonyl (C=O) groups is 4. The molecule has 3 aromatic carbocycles. The average Bonchev–Trinajstić information content (AvgIpc) is 2.78. The van der Waals surface area contributed by atoms with Gasteiger partial charge in [0, 0.05) is 15.9 Å². The molecule has 3 rings (SSSR count). The average molecular weight is 454 g/mol. The third kappa shape index (κ3) is 3.89. The van der Waals surface area contributed by atoms with E-state index in [2.05, 4.69) is 0 Å². The Balaban J connectivity index is 2.38. The highest BCUT2D eigenvalue weighted by Crippen LogP contribution is 2.43. The van der Waals surface area contributed by atoms with Crippen LogP contribution in [-0.4, -0.2) is 44.3 Å². The van der Waals surface area contributed by atoms with Gasteiger partial charge < -0.3 is 25.0 Å². The quantitative estimate of drug-likeness (QED) is 0.391. The van der Waals surface area contributed by atoms with E-state index in [-0.39, 0.29) is 15.9 Å². The summed E-state index contributed by atoms with van der Waals surface area (Å²) in [5.41, 5.74) is -2.19. The number of carboxylic acid groups (broad SMARTS) is 4. The van der Waals surface area contributed by atoms with E-state index >= 15 is 0 Å². The normalized spacial score (nSPS) is 11.0. The minimum Gasteiger partial charge on any atom is -0.478 e. The Morgan fingerprint density at radius 1 is 0.500 bits per heavy atom. The summed E-state index contributed by atoms with van der Waals surface area (Å²) in [6, 6.07) is 14.2. The van der Waals surface area contributed by atoms with Crippen LogP contribution in [0.25, 0.3) is 0 Å². The van der Waals surface area contributed by atoms with E-state index in [0.717, 1.165) is 24.3 Å². The van der Waals surface area contributed by atoms with E-state index in [0.29, 0.717) is 0 Å². The lowest BCUT2D eigenvalue weighted by Crippen LogP contribution is -2.27. The molecular formula is C22H15O9P. The molecule has 0 fully saturated rings. The van der Waals surface area contributed by atoms with E-state index in [9.17, 15) is 44.2 Å². The van der Waals surface area contributed by atoms with E-state index < -0.39 is 53.3 Å². The molecule has 4 N–H and O–H groups in total. The standard InChI is InChI=1S/C22H15O9P/c23-19(24)15-8-6-13(10-17(15)21(27)28)32(31,12-4-2-1-3-5-12)14-7-9-16(20(25)26)18(11-14)22(29)30/h1-11H,(H,23,24)(H,25,26)(H,27,28)(H,29,30). The zero-order valence-corrected chi connectivity index (χ0v) is 17.0. The Morgan fingerprint density at radius 2 is 0.875 bits per heavy atom. The molecule has 0 unspecified atom stereocenters. The molecule has 0 spiro atoms. The first kappa shape index (κ1) is 22.5. The van der Waals surface area contributed by atoms with Gasteiger partial charge in [0.05, 0.1) is 22.3 Å². The molecule has 0 aromatic heterocycles. The van der Waals surface area contributed by atoms with Crippen LogP contribution in [0, 0.1) is 0 Å². The number of aromatic carboxylic acids is 4. The monoisotopic (exact) mass is 454 g/mol. The Labute approximate surface area is 180 Å². The van der Waals surface area contributed by atoms with Crippen LogP contribution in [0.3, 0.4) is 0 Å². The fraction of sp³-hybridized carbons (Fsp3) is 0. The topological polar surface area (TPSA) is 166 Å². The van der Waals surface area contributed by atoms with Crippen LogP contribution in [0.1, 0.15) is 41.4 Å². The molecule has 32 heavy (non-hydrogen) atoms. The van der Waals surface area contributed by atoms with Gasteiger partial charge in [-0.15, -0.1) is 0 Å². The molecular weight excluding hydrogens is 439 g/mol. The molecule has 0 amide bonds. The van der Waals surface area contributed by atoms with Crippen LogP contribution in [0.4, 0.5) is 0 Å². The third-order valence-corrected chi connectivity index (χ3v) is 7.81. The highest BCUT2D eigenvalue weighted by atomic mass is 31.2. The number of carboxylic acids is 4. The molecule has 3 aromatic rings. The third-order valence-electron chi connectivity index (χ3n) is 4.77. The van der Waals surface area contributed by atoms with Gasteiger partial charge in [0.2, 0.25) is 0 Å². The second kappa shape index (κ2) is 8.49. The van der Waals surface area contributed by atoms with Gasteiger partial charge in [0.25, 0.3) is 0 Å². The summed E-state index contributed by atoms with van der Waals surface area (Å²) in [6.07, 6.45) is 0. The predicted molar refractivity (Wildman–Crippen MR) is 114 cm³/mol. The number of hydrogen-bond acceptors (Lipinski definition) is 5. The molecule has 0 heterocycles. The van der Waals surface area contributed by atoms with Crippen molar-refractivity contribution in [1.82, 2.24) is 0 Å². The van der Waals surface area contributed by atoms with Crippen molar-refractivity contribution in [1.29, 1.82) is 0 Å². The minimum absolute atomic E-state index is 0.0505. The van der Waals surface area contributed by atoms with E-state index in [1.165, 1.54) is 24.3 Å². The van der Waals surface area contributed by atoms with Gasteiger partial charge >= 0.3 is 23.9 Å². The lowest BCUT2D eigenvalue weighted by Gasteiger charge is -2.21. The molecule has 10 heteroatoms. The SMILES string of the molecule is O=C(O)c1ccc(P(=O)(c2ccccc2)c2ccc(C(=O)O)c(C(=O)O)c2)cc1C(=O)O. The lowest BCUT2D eigenvalue weighted by atomic mass is 10.1. The van der Waals surface area contributed by atoms with Crippen LogP contribution < -0.4 is 15.9 Å². The molecule has 0 aliphatic carbocycles. The van der Waals surface area contributed by atoms with Gasteiger partial charge in [-0.25, -0.2) is 19.2 Å². The second-order valence-corrected chi connectivity index (χ2v) is 9.39. The van der Waals surface area contributed by atoms with Gasteiger partial charge in [0.1, 0.15) is 0 Å². The largest absolute Gasteiger partial charge is 0.478 e. The molecule has 162 valence electrons. The summed E-state index contributed by atoms with van der Waals surface area (Å²) >= 11 is 0. The van der Waals surface area contributed by atoms with Gasteiger partial charge in [-0.3, -0.25) is 0 Å². The summed E-state index contributed by atoms with van der Waals surface area (Å²) in [5, 5.41) is 37.6. The van der Waals surface area contributed by atoms with Crippen LogP contribution in [0.15, 0.2) is 66.7 Å². The zero-order valence-electron chi connectivity index (χ0n) is 16.1. The minimum atomic E-state index is -3.92. The summed E-state index contributed by atoms with van der Waals surface area (Å²) in [6.45, 7) is 0. The summed E-state index contributed by atoms with van der Waals surface area (Å²) in [4.78, 5) is 46.1. The van der Waals surface area contributed by atoms with Gasteiger partial charge in [-0.05, 0) is 36.4 Å². The van der Waals surface area contributed by atoms with Gasteiger partial charge in [0.15, 0.2) is 7.14 Å². The predicted octanol–water partition coefficient (Wildman–Crippen LogP) is 2.12. The van der Waals surface area contributed by atoms with Crippen LogP contribution in [-0.2, 0) is 4.57 Å². The van der Waals surface area contributed by atoms with Crippen LogP contribution >= 0.6 is 7.14 Å². The first-order valence-electron chi connectivity index (χ1n) is 8.95. The van der Waals surface area contributed by atoms with Crippen LogP contribution in [0.2, 0.25) is 0 Å². The van der Waals surface area contributed by atoms with Crippen molar-refractivity contribution in [2.45, 2.75) is 0 Å². The molecule has 0 saturated heterocycles. The van der Waals surface area contributed by atoms with E-state index in [1.54, 1.807) is 18.2 Å². The van der Waals surface area contributed by atoms with Crippen molar-refractivity contribution in [2.75, 3.05) is 0 Å². The Morgan fingerprint density at radius 3 is 1.22 bits per heavy atom. The van der Waals surface area contributed by atoms with Crippen molar-refractivity contribution >= 4 is 46.9 Å². The van der Waals surface area contributed by atoms with Crippen LogP contribution in [0.5, 0.6) is 0 Å². The first-order chi connectivity index (χ1) is 15.1. The molecule has 9 nitrogen and oxygen atoms in total. The van der Waals surface area contributed by atoms with Gasteiger partial charge in [-0.1, -0.05) is 30.3 Å². The van der Waals surface area contributed by atoms with E-state index in [1.807, 2.05) is 0 Å². The summed E-state index contributed by atoms with van der Waals surface area (Å²) in [7, 11) is -3.92. The highest BCUT2D eigenvalue weighted by molar-refractivity contribution is 7.85. The fourth-order valence-corrected chi connectivity index (χ4v) is 5.95. The first-order valence-corrected chi connectivity index (χ1v) is 10.7. The van der Waals surface area contributed by atoms with Crippen molar-refractivity contribution < 1.29 is 44.2 Å².